The van der Waals surface area contributed by atoms with Gasteiger partial charge in [0.15, 0.2) is 11.5 Å². The zero-order chi connectivity index (χ0) is 15.8. The molecule has 0 aliphatic carbocycles. The smallest absolute Gasteiger partial charge is 0.161 e. The summed E-state index contributed by atoms with van der Waals surface area (Å²) in [6, 6.07) is 15.9. The van der Waals surface area contributed by atoms with Crippen LogP contribution in [0.5, 0.6) is 11.5 Å². The minimum atomic E-state index is 0. The third-order valence-electron chi connectivity index (χ3n) is 5.32. The molecule has 2 aromatic carbocycles. The van der Waals surface area contributed by atoms with Gasteiger partial charge in [0, 0.05) is 18.5 Å². The van der Waals surface area contributed by atoms with Gasteiger partial charge in [0.25, 0.3) is 0 Å². The maximum absolute atomic E-state index is 5.50. The second-order valence-corrected chi connectivity index (χ2v) is 6.45. The fourth-order valence-electron chi connectivity index (χ4n) is 4.22. The Kier molecular flexibility index (Phi) is 5.16. The van der Waals surface area contributed by atoms with E-state index in [-0.39, 0.29) is 17.0 Å². The van der Waals surface area contributed by atoms with Crippen molar-refractivity contribution in [3.63, 3.8) is 0 Å². The molecule has 128 valence electrons. The molecule has 1 fully saturated rings. The average molecular weight is 390 g/mol. The number of fused-ring (bicyclic) bond motifs is 3. The van der Waals surface area contributed by atoms with Crippen LogP contribution >= 0.6 is 17.0 Å². The number of benzene rings is 2. The summed E-state index contributed by atoms with van der Waals surface area (Å²) in [6.45, 7) is 2.31. The first kappa shape index (κ1) is 17.3. The quantitative estimate of drug-likeness (QED) is 0.767. The minimum Gasteiger partial charge on any atom is -0.493 e. The summed E-state index contributed by atoms with van der Waals surface area (Å²) < 4.78 is 10.9. The molecule has 2 atom stereocenters. The second-order valence-electron chi connectivity index (χ2n) is 6.45. The molecule has 4 heteroatoms. The summed E-state index contributed by atoms with van der Waals surface area (Å²) >= 11 is 0. The summed E-state index contributed by atoms with van der Waals surface area (Å²) in [5.74, 6) is 2.01. The second kappa shape index (κ2) is 7.16. The highest BCUT2D eigenvalue weighted by Crippen LogP contribution is 2.45. The van der Waals surface area contributed by atoms with Crippen LogP contribution in [-0.4, -0.2) is 32.2 Å². The van der Waals surface area contributed by atoms with Gasteiger partial charge < -0.3 is 9.47 Å². The van der Waals surface area contributed by atoms with Crippen LogP contribution in [0.1, 0.15) is 41.5 Å². The molecule has 0 radical (unpaired) electrons. The number of hydrogen-bond donors (Lipinski definition) is 0. The Morgan fingerprint density at radius 3 is 2.46 bits per heavy atom. The SMILES string of the molecule is Br.COc1ccc(C2CN3CCC[C@H]3c3ccccc32)cc1OC. The van der Waals surface area contributed by atoms with Crippen LogP contribution in [0.25, 0.3) is 0 Å². The highest BCUT2D eigenvalue weighted by molar-refractivity contribution is 8.93. The van der Waals surface area contributed by atoms with Crippen molar-refractivity contribution < 1.29 is 9.47 Å². The molecule has 24 heavy (non-hydrogen) atoms. The fraction of sp³-hybridized carbons (Fsp3) is 0.400. The molecule has 0 bridgehead atoms. The zero-order valence-corrected chi connectivity index (χ0v) is 15.9. The molecule has 1 saturated heterocycles. The van der Waals surface area contributed by atoms with E-state index >= 15 is 0 Å². The third kappa shape index (κ3) is 2.82. The Hall–Kier alpha value is -1.52. The molecule has 3 nitrogen and oxygen atoms in total. The topological polar surface area (TPSA) is 21.7 Å². The van der Waals surface area contributed by atoms with E-state index in [0.717, 1.165) is 18.0 Å². The monoisotopic (exact) mass is 389 g/mol. The van der Waals surface area contributed by atoms with Gasteiger partial charge in [-0.05, 0) is 48.2 Å². The van der Waals surface area contributed by atoms with Crippen LogP contribution in [0.2, 0.25) is 0 Å². The van der Waals surface area contributed by atoms with Crippen molar-refractivity contribution >= 4 is 17.0 Å². The Bertz CT molecular complexity index is 719. The number of methoxy groups -OCH3 is 2. The van der Waals surface area contributed by atoms with Gasteiger partial charge in [0.1, 0.15) is 0 Å². The predicted octanol–water partition coefficient (Wildman–Crippen LogP) is 4.56. The van der Waals surface area contributed by atoms with E-state index in [4.69, 9.17) is 9.47 Å². The molecule has 0 spiro atoms. The van der Waals surface area contributed by atoms with Crippen molar-refractivity contribution in [2.24, 2.45) is 0 Å². The van der Waals surface area contributed by atoms with E-state index in [0.29, 0.717) is 12.0 Å². The van der Waals surface area contributed by atoms with Gasteiger partial charge in [0.2, 0.25) is 0 Å². The van der Waals surface area contributed by atoms with Crippen LogP contribution in [-0.2, 0) is 0 Å². The number of rotatable bonds is 3. The lowest BCUT2D eigenvalue weighted by Gasteiger charge is -2.37. The normalized spacial score (nSPS) is 22.2. The predicted molar refractivity (Wildman–Crippen MR) is 102 cm³/mol. The number of hydrogen-bond acceptors (Lipinski definition) is 3. The van der Waals surface area contributed by atoms with Crippen molar-refractivity contribution in [1.82, 2.24) is 4.90 Å². The van der Waals surface area contributed by atoms with Gasteiger partial charge in [-0.1, -0.05) is 30.3 Å². The van der Waals surface area contributed by atoms with Crippen molar-refractivity contribution in [3.05, 3.63) is 59.2 Å². The first-order valence-corrected chi connectivity index (χ1v) is 8.36. The molecule has 0 N–H and O–H groups in total. The zero-order valence-electron chi connectivity index (χ0n) is 14.2. The van der Waals surface area contributed by atoms with Gasteiger partial charge in [-0.3, -0.25) is 4.90 Å². The summed E-state index contributed by atoms with van der Waals surface area (Å²) in [7, 11) is 3.38. The molecule has 2 heterocycles. The Morgan fingerprint density at radius 1 is 0.958 bits per heavy atom. The standard InChI is InChI=1S/C20H23NO2.BrH/c1-22-19-10-9-14(12-20(19)23-2)17-13-21-11-5-8-18(21)16-7-4-3-6-15(16)17;/h3-4,6-7,9-10,12,17-18H,5,8,11,13H2,1-2H3;1H/t17?,18-;/m0./s1. The first-order valence-electron chi connectivity index (χ1n) is 8.36. The number of nitrogens with zero attached hydrogens (tertiary/aromatic N) is 1. The Balaban J connectivity index is 0.00000169. The lowest BCUT2D eigenvalue weighted by Crippen LogP contribution is -2.34. The van der Waals surface area contributed by atoms with Gasteiger partial charge in [-0.15, -0.1) is 17.0 Å². The van der Waals surface area contributed by atoms with E-state index in [1.165, 1.54) is 36.1 Å². The fourth-order valence-corrected chi connectivity index (χ4v) is 4.22. The third-order valence-corrected chi connectivity index (χ3v) is 5.32. The largest absolute Gasteiger partial charge is 0.493 e. The van der Waals surface area contributed by atoms with E-state index in [9.17, 15) is 0 Å². The molecule has 4 rings (SSSR count). The number of halogens is 1. The van der Waals surface area contributed by atoms with Crippen molar-refractivity contribution in [2.75, 3.05) is 27.3 Å². The molecule has 2 aromatic rings. The summed E-state index contributed by atoms with van der Waals surface area (Å²) in [6.07, 6.45) is 2.59. The summed E-state index contributed by atoms with van der Waals surface area (Å²) in [5.41, 5.74) is 4.29. The van der Waals surface area contributed by atoms with Crippen molar-refractivity contribution in [1.29, 1.82) is 0 Å². The van der Waals surface area contributed by atoms with E-state index in [2.05, 4.69) is 41.3 Å². The Morgan fingerprint density at radius 2 is 1.71 bits per heavy atom. The molecular formula is C20H24BrNO2. The van der Waals surface area contributed by atoms with Gasteiger partial charge >= 0.3 is 0 Å². The van der Waals surface area contributed by atoms with Crippen LogP contribution < -0.4 is 9.47 Å². The van der Waals surface area contributed by atoms with E-state index in [1.54, 1.807) is 14.2 Å². The van der Waals surface area contributed by atoms with Gasteiger partial charge in [-0.2, -0.15) is 0 Å². The lowest BCUT2D eigenvalue weighted by atomic mass is 9.81. The van der Waals surface area contributed by atoms with E-state index < -0.39 is 0 Å². The molecule has 0 amide bonds. The molecule has 1 unspecified atom stereocenters. The lowest BCUT2D eigenvalue weighted by molar-refractivity contribution is 0.230. The van der Waals surface area contributed by atoms with E-state index in [1.807, 2.05) is 6.07 Å². The molecule has 0 saturated carbocycles. The molecule has 2 aliphatic rings. The van der Waals surface area contributed by atoms with Crippen LogP contribution in [0.3, 0.4) is 0 Å². The highest BCUT2D eigenvalue weighted by Gasteiger charge is 2.36. The average Bonchev–Trinajstić information content (AvgIpc) is 3.09. The highest BCUT2D eigenvalue weighted by atomic mass is 79.9. The first-order chi connectivity index (χ1) is 11.3. The Labute approximate surface area is 154 Å². The molecule has 0 aromatic heterocycles. The maximum atomic E-state index is 5.50. The van der Waals surface area contributed by atoms with Gasteiger partial charge in [0.05, 0.1) is 14.2 Å². The van der Waals surface area contributed by atoms with Crippen LogP contribution in [0.4, 0.5) is 0 Å². The van der Waals surface area contributed by atoms with Crippen LogP contribution in [0.15, 0.2) is 42.5 Å². The minimum absolute atomic E-state index is 0. The van der Waals surface area contributed by atoms with Crippen LogP contribution in [0, 0.1) is 0 Å². The molecular weight excluding hydrogens is 366 g/mol. The molecule has 2 aliphatic heterocycles. The van der Waals surface area contributed by atoms with Crippen molar-refractivity contribution in [2.45, 2.75) is 24.8 Å². The maximum Gasteiger partial charge on any atom is 0.161 e. The number of ether oxygens (including phenoxy) is 2. The van der Waals surface area contributed by atoms with Crippen molar-refractivity contribution in [3.8, 4) is 11.5 Å². The summed E-state index contributed by atoms with van der Waals surface area (Å²) in [5, 5.41) is 0. The summed E-state index contributed by atoms with van der Waals surface area (Å²) in [4.78, 5) is 2.64. The van der Waals surface area contributed by atoms with Gasteiger partial charge in [-0.25, -0.2) is 0 Å².